The van der Waals surface area contributed by atoms with E-state index in [0.29, 0.717) is 17.7 Å². The third kappa shape index (κ3) is 3.13. The SMILES string of the molecule is N#CC(C#N)=C1NC(c2ccccc2)CC(c2ccccc2)=C1C#N. The van der Waals surface area contributed by atoms with E-state index < -0.39 is 0 Å². The summed E-state index contributed by atoms with van der Waals surface area (Å²) < 4.78 is 0. The molecule has 0 fully saturated rings. The third-order valence-electron chi connectivity index (χ3n) is 4.19. The summed E-state index contributed by atoms with van der Waals surface area (Å²) in [6, 6.07) is 25.3. The quantitative estimate of drug-likeness (QED) is 0.847. The number of nitriles is 3. The first kappa shape index (κ1) is 16.1. The monoisotopic (exact) mass is 322 g/mol. The van der Waals surface area contributed by atoms with E-state index in [1.54, 1.807) is 0 Å². The number of rotatable bonds is 2. The Kier molecular flexibility index (Phi) is 4.61. The molecule has 4 heteroatoms. The molecule has 1 unspecified atom stereocenters. The van der Waals surface area contributed by atoms with E-state index in [-0.39, 0.29) is 11.6 Å². The van der Waals surface area contributed by atoms with Crippen LogP contribution in [0.3, 0.4) is 0 Å². The van der Waals surface area contributed by atoms with Crippen molar-refractivity contribution in [2.75, 3.05) is 0 Å². The molecule has 0 aromatic heterocycles. The zero-order valence-corrected chi connectivity index (χ0v) is 13.4. The predicted molar refractivity (Wildman–Crippen MR) is 94.2 cm³/mol. The number of nitrogens with zero attached hydrogens (tertiary/aromatic N) is 3. The Balaban J connectivity index is 2.22. The van der Waals surface area contributed by atoms with Crippen molar-refractivity contribution in [1.82, 2.24) is 5.32 Å². The summed E-state index contributed by atoms with van der Waals surface area (Å²) in [4.78, 5) is 0. The van der Waals surface area contributed by atoms with E-state index in [9.17, 15) is 15.8 Å². The fourth-order valence-corrected chi connectivity index (χ4v) is 3.00. The average Bonchev–Trinajstić information content (AvgIpc) is 2.69. The summed E-state index contributed by atoms with van der Waals surface area (Å²) in [5, 5.41) is 31.5. The Morgan fingerprint density at radius 2 is 1.48 bits per heavy atom. The number of nitrogens with one attached hydrogen (secondary N) is 1. The van der Waals surface area contributed by atoms with Crippen LogP contribution in [0.2, 0.25) is 0 Å². The molecule has 0 amide bonds. The molecule has 0 spiro atoms. The van der Waals surface area contributed by atoms with E-state index in [1.807, 2.05) is 72.8 Å². The maximum Gasteiger partial charge on any atom is 0.154 e. The molecular formula is C21H14N4. The van der Waals surface area contributed by atoms with Crippen LogP contribution in [0.25, 0.3) is 5.57 Å². The highest BCUT2D eigenvalue weighted by atomic mass is 14.9. The van der Waals surface area contributed by atoms with E-state index in [1.165, 1.54) is 0 Å². The lowest BCUT2D eigenvalue weighted by molar-refractivity contribution is 0.600. The van der Waals surface area contributed by atoms with Crippen LogP contribution >= 0.6 is 0 Å². The van der Waals surface area contributed by atoms with E-state index in [0.717, 1.165) is 16.7 Å². The normalized spacial score (nSPS) is 16.2. The Hall–Kier alpha value is -3.81. The van der Waals surface area contributed by atoms with Gasteiger partial charge in [0.25, 0.3) is 0 Å². The maximum absolute atomic E-state index is 9.69. The molecule has 1 aliphatic rings. The molecular weight excluding hydrogens is 308 g/mol. The molecule has 0 aliphatic carbocycles. The zero-order chi connectivity index (χ0) is 17.6. The van der Waals surface area contributed by atoms with E-state index >= 15 is 0 Å². The minimum atomic E-state index is -0.111. The van der Waals surface area contributed by atoms with Gasteiger partial charge in [-0.25, -0.2) is 0 Å². The molecule has 1 atom stereocenters. The first-order valence-corrected chi connectivity index (χ1v) is 7.83. The summed E-state index contributed by atoms with van der Waals surface area (Å²) >= 11 is 0. The van der Waals surface area contributed by atoms with Gasteiger partial charge in [0.05, 0.1) is 17.3 Å². The smallest absolute Gasteiger partial charge is 0.154 e. The van der Waals surface area contributed by atoms with Gasteiger partial charge in [-0.2, -0.15) is 15.8 Å². The van der Waals surface area contributed by atoms with Crippen LogP contribution in [0.4, 0.5) is 0 Å². The molecule has 2 aromatic rings. The Labute approximate surface area is 146 Å². The van der Waals surface area contributed by atoms with Crippen LogP contribution in [0.1, 0.15) is 23.6 Å². The Morgan fingerprint density at radius 3 is 2.04 bits per heavy atom. The molecule has 118 valence electrons. The van der Waals surface area contributed by atoms with Crippen LogP contribution in [-0.2, 0) is 0 Å². The van der Waals surface area contributed by atoms with Gasteiger partial charge in [-0.1, -0.05) is 60.7 Å². The van der Waals surface area contributed by atoms with Gasteiger partial charge in [0.1, 0.15) is 18.2 Å². The van der Waals surface area contributed by atoms with E-state index in [4.69, 9.17) is 0 Å². The van der Waals surface area contributed by atoms with Crippen LogP contribution < -0.4 is 5.32 Å². The first-order chi connectivity index (χ1) is 12.3. The van der Waals surface area contributed by atoms with Crippen molar-refractivity contribution in [3.8, 4) is 18.2 Å². The van der Waals surface area contributed by atoms with Gasteiger partial charge >= 0.3 is 0 Å². The van der Waals surface area contributed by atoms with Gasteiger partial charge in [-0.15, -0.1) is 0 Å². The Morgan fingerprint density at radius 1 is 0.880 bits per heavy atom. The van der Waals surface area contributed by atoms with Gasteiger partial charge in [0, 0.05) is 0 Å². The standard InChI is InChI=1S/C21H14N4/c22-12-17(13-23)21-19(14-24)18(15-7-3-1-4-8-15)11-20(25-21)16-9-5-2-6-10-16/h1-10,20,25H,11H2. The van der Waals surface area contributed by atoms with Gasteiger partial charge in [-0.05, 0) is 23.1 Å². The molecule has 2 aromatic carbocycles. The summed E-state index contributed by atoms with van der Waals surface area (Å²) in [6.45, 7) is 0. The summed E-state index contributed by atoms with van der Waals surface area (Å²) in [5.41, 5.74) is 3.40. The molecule has 1 N–H and O–H groups in total. The predicted octanol–water partition coefficient (Wildman–Crippen LogP) is 4.00. The van der Waals surface area contributed by atoms with Crippen molar-refractivity contribution in [3.63, 3.8) is 0 Å². The van der Waals surface area contributed by atoms with Gasteiger partial charge in [0.2, 0.25) is 0 Å². The summed E-state index contributed by atoms with van der Waals surface area (Å²) in [7, 11) is 0. The summed E-state index contributed by atoms with van der Waals surface area (Å²) in [5.74, 6) is 0. The molecule has 1 aliphatic heterocycles. The summed E-state index contributed by atoms with van der Waals surface area (Å²) in [6.07, 6.45) is 0.602. The molecule has 1 heterocycles. The lowest BCUT2D eigenvalue weighted by Crippen LogP contribution is -2.28. The molecule has 0 saturated carbocycles. The largest absolute Gasteiger partial charge is 0.375 e. The minimum absolute atomic E-state index is 0.0781. The average molecular weight is 322 g/mol. The first-order valence-electron chi connectivity index (χ1n) is 7.83. The number of hydrogen-bond donors (Lipinski definition) is 1. The van der Waals surface area contributed by atoms with Crippen LogP contribution in [-0.4, -0.2) is 0 Å². The lowest BCUT2D eigenvalue weighted by Gasteiger charge is -2.29. The molecule has 3 rings (SSSR count). The zero-order valence-electron chi connectivity index (χ0n) is 13.4. The fourth-order valence-electron chi connectivity index (χ4n) is 3.00. The molecule has 25 heavy (non-hydrogen) atoms. The lowest BCUT2D eigenvalue weighted by atomic mass is 9.85. The third-order valence-corrected chi connectivity index (χ3v) is 4.19. The molecule has 0 bridgehead atoms. The van der Waals surface area contributed by atoms with Crippen LogP contribution in [0.15, 0.2) is 77.5 Å². The van der Waals surface area contributed by atoms with Crippen LogP contribution in [0, 0.1) is 34.0 Å². The fraction of sp³-hybridized carbons (Fsp3) is 0.0952. The van der Waals surface area contributed by atoms with Crippen molar-refractivity contribution in [2.24, 2.45) is 0 Å². The Bertz CT molecular complexity index is 949. The number of benzene rings is 2. The van der Waals surface area contributed by atoms with Crippen molar-refractivity contribution < 1.29 is 0 Å². The van der Waals surface area contributed by atoms with Crippen molar-refractivity contribution in [2.45, 2.75) is 12.5 Å². The van der Waals surface area contributed by atoms with E-state index in [2.05, 4.69) is 11.4 Å². The second kappa shape index (κ2) is 7.18. The van der Waals surface area contributed by atoms with Gasteiger partial charge in [0.15, 0.2) is 5.57 Å². The highest BCUT2D eigenvalue weighted by Gasteiger charge is 2.28. The topological polar surface area (TPSA) is 83.4 Å². The number of hydrogen-bond acceptors (Lipinski definition) is 4. The molecule has 0 saturated heterocycles. The van der Waals surface area contributed by atoms with Gasteiger partial charge < -0.3 is 5.32 Å². The number of allylic oxidation sites excluding steroid dienone is 2. The highest BCUT2D eigenvalue weighted by Crippen LogP contribution is 2.38. The maximum atomic E-state index is 9.69. The van der Waals surface area contributed by atoms with Crippen molar-refractivity contribution in [3.05, 3.63) is 88.6 Å². The molecule has 0 radical (unpaired) electrons. The van der Waals surface area contributed by atoms with Gasteiger partial charge in [-0.3, -0.25) is 0 Å². The highest BCUT2D eigenvalue weighted by molar-refractivity contribution is 5.79. The second-order valence-electron chi connectivity index (χ2n) is 5.62. The van der Waals surface area contributed by atoms with Crippen LogP contribution in [0.5, 0.6) is 0 Å². The minimum Gasteiger partial charge on any atom is -0.375 e. The van der Waals surface area contributed by atoms with Crippen molar-refractivity contribution >= 4 is 5.57 Å². The second-order valence-corrected chi connectivity index (χ2v) is 5.62. The molecule has 4 nitrogen and oxygen atoms in total. The van der Waals surface area contributed by atoms with Crippen molar-refractivity contribution in [1.29, 1.82) is 15.8 Å².